The van der Waals surface area contributed by atoms with Gasteiger partial charge in [0.1, 0.15) is 0 Å². The predicted octanol–water partition coefficient (Wildman–Crippen LogP) is 6.01. The second-order valence-corrected chi connectivity index (χ2v) is 8.26. The Kier molecular flexibility index (Phi) is 6.27. The molecule has 4 nitrogen and oxygen atoms in total. The van der Waals surface area contributed by atoms with E-state index in [1.165, 1.54) is 19.3 Å². The Balaban J connectivity index is 1.99. The van der Waals surface area contributed by atoms with Crippen molar-refractivity contribution in [1.29, 1.82) is 5.26 Å². The summed E-state index contributed by atoms with van der Waals surface area (Å²) in [6, 6.07) is 8.12. The second kappa shape index (κ2) is 8.44. The van der Waals surface area contributed by atoms with Crippen molar-refractivity contribution < 1.29 is 0 Å². The molecule has 2 aromatic rings. The van der Waals surface area contributed by atoms with Crippen LogP contribution in [0.4, 0.5) is 0 Å². The fourth-order valence-corrected chi connectivity index (χ4v) is 4.57. The highest BCUT2D eigenvalue weighted by molar-refractivity contribution is 7.99. The van der Waals surface area contributed by atoms with Crippen LogP contribution in [-0.4, -0.2) is 20.5 Å². The van der Waals surface area contributed by atoms with Crippen LogP contribution >= 0.6 is 35.0 Å². The minimum atomic E-state index is -0.0240. The molecule has 0 amide bonds. The lowest BCUT2D eigenvalue weighted by Gasteiger charge is -2.26. The van der Waals surface area contributed by atoms with Gasteiger partial charge in [0.2, 0.25) is 0 Å². The fraction of sp³-hybridized carbons (Fsp3) is 0.500. The van der Waals surface area contributed by atoms with Gasteiger partial charge >= 0.3 is 0 Å². The van der Waals surface area contributed by atoms with Crippen molar-refractivity contribution in [3.63, 3.8) is 0 Å². The highest BCUT2D eigenvalue weighted by atomic mass is 35.5. The number of nitrogens with zero attached hydrogens (tertiary/aromatic N) is 4. The molecule has 0 unspecified atom stereocenters. The summed E-state index contributed by atoms with van der Waals surface area (Å²) < 4.78 is 2.23. The monoisotopic (exact) mass is 394 g/mol. The van der Waals surface area contributed by atoms with Crippen LogP contribution in [0.1, 0.15) is 45.1 Å². The van der Waals surface area contributed by atoms with E-state index in [0.29, 0.717) is 21.8 Å². The molecular formula is C18H20Cl2N4S. The quantitative estimate of drug-likeness (QED) is 0.582. The number of hydrogen-bond donors (Lipinski definition) is 0. The first-order valence-corrected chi connectivity index (χ1v) is 10.3. The molecule has 1 aromatic carbocycles. The van der Waals surface area contributed by atoms with E-state index in [-0.39, 0.29) is 5.92 Å². The number of aromatic nitrogens is 3. The highest BCUT2D eigenvalue weighted by Gasteiger charge is 2.25. The highest BCUT2D eigenvalue weighted by Crippen LogP contribution is 2.38. The van der Waals surface area contributed by atoms with Crippen molar-refractivity contribution in [3.05, 3.63) is 28.2 Å². The molecule has 1 aliphatic carbocycles. The summed E-state index contributed by atoms with van der Waals surface area (Å²) in [5.41, 5.74) is 0.851. The van der Waals surface area contributed by atoms with Crippen LogP contribution in [0.25, 0.3) is 11.4 Å². The van der Waals surface area contributed by atoms with Crippen molar-refractivity contribution in [2.45, 2.75) is 50.2 Å². The molecule has 0 bridgehead atoms. The second-order valence-electron chi connectivity index (χ2n) is 6.43. The van der Waals surface area contributed by atoms with Gasteiger partial charge in [-0.1, -0.05) is 54.2 Å². The average Bonchev–Trinajstić information content (AvgIpc) is 3.04. The molecule has 0 radical (unpaired) electrons. The van der Waals surface area contributed by atoms with Gasteiger partial charge in [-0.25, -0.2) is 0 Å². The molecule has 1 aliphatic rings. The Labute approximate surface area is 162 Å². The molecule has 132 valence electrons. The Bertz CT molecular complexity index is 778. The molecular weight excluding hydrogens is 375 g/mol. The standard InChI is InChI=1S/C18H20Cl2N4S/c1-12(10-21)11-25-18-23-22-17(15-8-7-13(19)9-16(15)20)24(18)14-5-3-2-4-6-14/h7-9,12,14H,2-6,11H2,1H3/t12-/m1/s1. The Morgan fingerprint density at radius 2 is 2.04 bits per heavy atom. The third-order valence-electron chi connectivity index (χ3n) is 4.46. The van der Waals surface area contributed by atoms with Gasteiger partial charge in [-0.3, -0.25) is 4.57 Å². The SMILES string of the molecule is C[C@H](C#N)CSc1nnc(-c2ccc(Cl)cc2Cl)n1C1CCCCC1. The maximum absolute atomic E-state index is 9.04. The normalized spacial score (nSPS) is 16.6. The van der Waals surface area contributed by atoms with Crippen molar-refractivity contribution in [3.8, 4) is 17.5 Å². The smallest absolute Gasteiger partial charge is 0.191 e. The minimum Gasteiger partial charge on any atom is -0.299 e. The van der Waals surface area contributed by atoms with E-state index in [0.717, 1.165) is 29.4 Å². The first-order chi connectivity index (χ1) is 12.1. The zero-order valence-electron chi connectivity index (χ0n) is 14.1. The lowest BCUT2D eigenvalue weighted by molar-refractivity contribution is 0.339. The molecule has 1 heterocycles. The Morgan fingerprint density at radius 3 is 2.72 bits per heavy atom. The molecule has 7 heteroatoms. The van der Waals surface area contributed by atoms with E-state index in [4.69, 9.17) is 28.5 Å². The lowest BCUT2D eigenvalue weighted by atomic mass is 9.95. The molecule has 0 saturated heterocycles. The topological polar surface area (TPSA) is 54.5 Å². The average molecular weight is 395 g/mol. The fourth-order valence-electron chi connectivity index (χ4n) is 3.14. The van der Waals surface area contributed by atoms with Crippen LogP contribution < -0.4 is 0 Å². The summed E-state index contributed by atoms with van der Waals surface area (Å²) >= 11 is 14.1. The molecule has 0 spiro atoms. The van der Waals surface area contributed by atoms with Gasteiger partial charge in [0.05, 0.1) is 17.0 Å². The molecule has 0 N–H and O–H groups in total. The number of thioether (sulfide) groups is 1. The van der Waals surface area contributed by atoms with E-state index in [1.807, 2.05) is 19.1 Å². The van der Waals surface area contributed by atoms with Crippen LogP contribution in [0.3, 0.4) is 0 Å². The van der Waals surface area contributed by atoms with E-state index < -0.39 is 0 Å². The lowest BCUT2D eigenvalue weighted by Crippen LogP contribution is -2.15. The summed E-state index contributed by atoms with van der Waals surface area (Å²) in [5.74, 6) is 1.47. The van der Waals surface area contributed by atoms with Gasteiger partial charge in [-0.2, -0.15) is 5.26 Å². The van der Waals surface area contributed by atoms with Crippen LogP contribution in [0.2, 0.25) is 10.0 Å². The van der Waals surface area contributed by atoms with Crippen LogP contribution in [0.5, 0.6) is 0 Å². The maximum atomic E-state index is 9.04. The molecule has 25 heavy (non-hydrogen) atoms. The molecule has 1 aromatic heterocycles. The maximum Gasteiger partial charge on any atom is 0.191 e. The van der Waals surface area contributed by atoms with Crippen molar-refractivity contribution in [2.75, 3.05) is 5.75 Å². The zero-order valence-corrected chi connectivity index (χ0v) is 16.4. The van der Waals surface area contributed by atoms with Crippen LogP contribution in [0.15, 0.2) is 23.4 Å². The number of rotatable bonds is 5. The summed E-state index contributed by atoms with van der Waals surface area (Å²) in [4.78, 5) is 0. The molecule has 3 rings (SSSR count). The summed E-state index contributed by atoms with van der Waals surface area (Å²) in [6.45, 7) is 1.92. The van der Waals surface area contributed by atoms with Gasteiger partial charge in [0.15, 0.2) is 11.0 Å². The van der Waals surface area contributed by atoms with Gasteiger partial charge in [0, 0.05) is 22.4 Å². The number of nitriles is 1. The summed E-state index contributed by atoms with van der Waals surface area (Å²) in [5, 5.41) is 19.9. The van der Waals surface area contributed by atoms with Crippen molar-refractivity contribution in [2.24, 2.45) is 5.92 Å². The van der Waals surface area contributed by atoms with Crippen molar-refractivity contribution >= 4 is 35.0 Å². The summed E-state index contributed by atoms with van der Waals surface area (Å²) in [6.07, 6.45) is 5.96. The van der Waals surface area contributed by atoms with Gasteiger partial charge in [0.25, 0.3) is 0 Å². The summed E-state index contributed by atoms with van der Waals surface area (Å²) in [7, 11) is 0. The minimum absolute atomic E-state index is 0.0240. The molecule has 1 fully saturated rings. The predicted molar refractivity (Wildman–Crippen MR) is 103 cm³/mol. The van der Waals surface area contributed by atoms with Gasteiger partial charge in [-0.15, -0.1) is 10.2 Å². The first kappa shape index (κ1) is 18.6. The number of hydrogen-bond acceptors (Lipinski definition) is 4. The first-order valence-electron chi connectivity index (χ1n) is 8.53. The zero-order chi connectivity index (χ0) is 17.8. The molecule has 1 atom stereocenters. The van der Waals surface area contributed by atoms with Crippen LogP contribution in [-0.2, 0) is 0 Å². The number of benzene rings is 1. The molecule has 1 saturated carbocycles. The Hall–Kier alpha value is -1.22. The number of halogens is 2. The van der Waals surface area contributed by atoms with Crippen LogP contribution in [0, 0.1) is 17.2 Å². The van der Waals surface area contributed by atoms with E-state index in [2.05, 4.69) is 20.8 Å². The third-order valence-corrected chi connectivity index (χ3v) is 6.21. The van der Waals surface area contributed by atoms with E-state index in [1.54, 1.807) is 17.8 Å². The third kappa shape index (κ3) is 4.31. The Morgan fingerprint density at radius 1 is 1.28 bits per heavy atom. The van der Waals surface area contributed by atoms with E-state index in [9.17, 15) is 0 Å². The van der Waals surface area contributed by atoms with Gasteiger partial charge < -0.3 is 0 Å². The largest absolute Gasteiger partial charge is 0.299 e. The van der Waals surface area contributed by atoms with E-state index >= 15 is 0 Å². The molecule has 0 aliphatic heterocycles. The van der Waals surface area contributed by atoms with Crippen molar-refractivity contribution in [1.82, 2.24) is 14.8 Å². The van der Waals surface area contributed by atoms with Gasteiger partial charge in [-0.05, 0) is 38.0 Å².